The van der Waals surface area contributed by atoms with Crippen LogP contribution >= 0.6 is 11.6 Å². The van der Waals surface area contributed by atoms with Crippen LogP contribution in [0.2, 0.25) is 5.02 Å². The highest BCUT2D eigenvalue weighted by atomic mass is 35.5. The minimum Gasteiger partial charge on any atom is -0.317 e. The van der Waals surface area contributed by atoms with Crippen LogP contribution in [0.25, 0.3) is 11.1 Å². The summed E-state index contributed by atoms with van der Waals surface area (Å²) in [4.78, 5) is 14.2. The number of hydrogen-bond donors (Lipinski definition) is 1. The zero-order valence-corrected chi connectivity index (χ0v) is 14.9. The van der Waals surface area contributed by atoms with E-state index in [0.717, 1.165) is 6.07 Å². The number of amides is 2. The van der Waals surface area contributed by atoms with Crippen LogP contribution in [0.15, 0.2) is 48.7 Å². The number of nitrogens with zero attached hydrogens (tertiary/aromatic N) is 3. The molecule has 2 amide bonds. The van der Waals surface area contributed by atoms with Crippen LogP contribution in [0.3, 0.4) is 0 Å². The number of halogens is 3. The molecule has 5 nitrogen and oxygen atoms in total. The summed E-state index contributed by atoms with van der Waals surface area (Å²) in [5.41, 5.74) is 1.86. The molecular formula is C19H15ClF2N4O. The Balaban J connectivity index is 1.59. The number of carbonyl (C=O) groups is 1. The summed E-state index contributed by atoms with van der Waals surface area (Å²) in [6.07, 6.45) is 1.51. The predicted octanol–water partition coefficient (Wildman–Crippen LogP) is 4.53. The van der Waals surface area contributed by atoms with Crippen molar-refractivity contribution >= 4 is 23.3 Å². The summed E-state index contributed by atoms with van der Waals surface area (Å²) in [5, 5.41) is 7.56. The number of hydrogen-bond acceptors (Lipinski definition) is 2. The topological polar surface area (TPSA) is 50.2 Å². The lowest BCUT2D eigenvalue weighted by molar-refractivity contribution is 0.194. The third-order valence-corrected chi connectivity index (χ3v) is 4.71. The van der Waals surface area contributed by atoms with Crippen LogP contribution in [0, 0.1) is 11.6 Å². The number of rotatable bonds is 2. The van der Waals surface area contributed by atoms with Gasteiger partial charge < -0.3 is 10.2 Å². The van der Waals surface area contributed by atoms with Crippen LogP contribution in [-0.2, 0) is 13.1 Å². The molecule has 1 aliphatic heterocycles. The fourth-order valence-corrected chi connectivity index (χ4v) is 3.31. The van der Waals surface area contributed by atoms with E-state index in [0.29, 0.717) is 35.1 Å². The molecule has 1 aromatic heterocycles. The summed E-state index contributed by atoms with van der Waals surface area (Å²) >= 11 is 5.94. The largest absolute Gasteiger partial charge is 0.322 e. The van der Waals surface area contributed by atoms with E-state index in [2.05, 4.69) is 10.4 Å². The molecule has 1 N–H and O–H groups in total. The Morgan fingerprint density at radius 1 is 1.11 bits per heavy atom. The van der Waals surface area contributed by atoms with Crippen LogP contribution in [0.1, 0.15) is 5.69 Å². The SMILES string of the molecule is O=C(Nc1cccc(Cl)c1)N1CCn2ncc(-c3cccc(F)c3F)c2C1. The van der Waals surface area contributed by atoms with Crippen molar-refractivity contribution in [2.75, 3.05) is 11.9 Å². The van der Waals surface area contributed by atoms with Gasteiger partial charge in [0.25, 0.3) is 0 Å². The van der Waals surface area contributed by atoms with Gasteiger partial charge in [-0.3, -0.25) is 4.68 Å². The Labute approximate surface area is 159 Å². The quantitative estimate of drug-likeness (QED) is 0.701. The molecule has 0 unspecified atom stereocenters. The van der Waals surface area contributed by atoms with Crippen LogP contribution in [0.5, 0.6) is 0 Å². The van der Waals surface area contributed by atoms with Gasteiger partial charge in [0.2, 0.25) is 0 Å². The smallest absolute Gasteiger partial charge is 0.317 e. The first kappa shape index (κ1) is 17.5. The van der Waals surface area contributed by atoms with Gasteiger partial charge in [0.05, 0.1) is 25.0 Å². The van der Waals surface area contributed by atoms with Crippen molar-refractivity contribution in [1.82, 2.24) is 14.7 Å². The van der Waals surface area contributed by atoms with Gasteiger partial charge in [-0.05, 0) is 24.3 Å². The molecule has 0 fully saturated rings. The molecule has 0 spiro atoms. The van der Waals surface area contributed by atoms with E-state index in [4.69, 9.17) is 11.6 Å². The van der Waals surface area contributed by atoms with Crippen LogP contribution in [0.4, 0.5) is 19.3 Å². The molecular weight excluding hydrogens is 374 g/mol. The minimum absolute atomic E-state index is 0.133. The van der Waals surface area contributed by atoms with Crippen molar-refractivity contribution in [2.24, 2.45) is 0 Å². The second kappa shape index (κ2) is 7.00. The number of carbonyl (C=O) groups excluding carboxylic acids is 1. The molecule has 0 saturated carbocycles. The second-order valence-corrected chi connectivity index (χ2v) is 6.63. The molecule has 0 radical (unpaired) electrons. The van der Waals surface area contributed by atoms with Gasteiger partial charge in [-0.15, -0.1) is 0 Å². The lowest BCUT2D eigenvalue weighted by Gasteiger charge is -2.28. The Morgan fingerprint density at radius 3 is 2.74 bits per heavy atom. The van der Waals surface area contributed by atoms with Crippen LogP contribution in [-0.4, -0.2) is 27.3 Å². The Kier molecular flexibility index (Phi) is 4.53. The van der Waals surface area contributed by atoms with E-state index >= 15 is 0 Å². The summed E-state index contributed by atoms with van der Waals surface area (Å²) in [6, 6.07) is 10.6. The fourth-order valence-electron chi connectivity index (χ4n) is 3.12. The first-order chi connectivity index (χ1) is 13.0. The molecule has 27 heavy (non-hydrogen) atoms. The average Bonchev–Trinajstić information content (AvgIpc) is 3.07. The maximum Gasteiger partial charge on any atom is 0.322 e. The van der Waals surface area contributed by atoms with Gasteiger partial charge >= 0.3 is 6.03 Å². The van der Waals surface area contributed by atoms with Crippen molar-refractivity contribution in [3.63, 3.8) is 0 Å². The number of fused-ring (bicyclic) bond motifs is 1. The van der Waals surface area contributed by atoms with Crippen molar-refractivity contribution in [3.8, 4) is 11.1 Å². The number of urea groups is 1. The lowest BCUT2D eigenvalue weighted by atomic mass is 10.0. The van der Waals surface area contributed by atoms with E-state index in [1.54, 1.807) is 33.8 Å². The van der Waals surface area contributed by atoms with Crippen LogP contribution < -0.4 is 5.32 Å². The number of anilines is 1. The molecule has 4 rings (SSSR count). The maximum absolute atomic E-state index is 14.2. The molecule has 3 aromatic rings. The Hall–Kier alpha value is -2.93. The van der Waals surface area contributed by atoms with Crippen molar-refractivity contribution in [3.05, 3.63) is 71.0 Å². The highest BCUT2D eigenvalue weighted by molar-refractivity contribution is 6.30. The van der Waals surface area contributed by atoms with Gasteiger partial charge in [-0.1, -0.05) is 29.8 Å². The standard InChI is InChI=1S/C19H15ClF2N4O/c20-12-3-1-4-13(9-12)24-19(27)25-7-8-26-17(11-25)15(10-23-26)14-5-2-6-16(21)18(14)22/h1-6,9-10H,7-8,11H2,(H,24,27). The summed E-state index contributed by atoms with van der Waals surface area (Å²) in [7, 11) is 0. The van der Waals surface area contributed by atoms with Crippen molar-refractivity contribution in [1.29, 1.82) is 0 Å². The molecule has 0 atom stereocenters. The van der Waals surface area contributed by atoms with Gasteiger partial charge in [0, 0.05) is 28.4 Å². The predicted molar refractivity (Wildman–Crippen MR) is 98.5 cm³/mol. The molecule has 2 aromatic carbocycles. The molecule has 0 aliphatic carbocycles. The fraction of sp³-hybridized carbons (Fsp3) is 0.158. The molecule has 8 heteroatoms. The highest BCUT2D eigenvalue weighted by Crippen LogP contribution is 2.30. The van der Waals surface area contributed by atoms with Gasteiger partial charge in [0.15, 0.2) is 11.6 Å². The molecule has 0 bridgehead atoms. The van der Waals surface area contributed by atoms with E-state index in [9.17, 15) is 13.6 Å². The minimum atomic E-state index is -0.922. The third kappa shape index (κ3) is 3.38. The molecule has 138 valence electrons. The van der Waals surface area contributed by atoms with E-state index in [1.807, 2.05) is 0 Å². The highest BCUT2D eigenvalue weighted by Gasteiger charge is 2.26. The second-order valence-electron chi connectivity index (χ2n) is 6.19. The van der Waals surface area contributed by atoms with Gasteiger partial charge in [-0.2, -0.15) is 5.10 Å². The van der Waals surface area contributed by atoms with E-state index in [1.165, 1.54) is 18.3 Å². The maximum atomic E-state index is 14.2. The number of benzene rings is 2. The zero-order chi connectivity index (χ0) is 19.0. The first-order valence-electron chi connectivity index (χ1n) is 8.33. The molecule has 0 saturated heterocycles. The van der Waals surface area contributed by atoms with Crippen molar-refractivity contribution < 1.29 is 13.6 Å². The summed E-state index contributed by atoms with van der Waals surface area (Å²) in [5.74, 6) is -1.84. The Morgan fingerprint density at radius 2 is 1.93 bits per heavy atom. The molecule has 1 aliphatic rings. The molecule has 2 heterocycles. The van der Waals surface area contributed by atoms with Gasteiger partial charge in [-0.25, -0.2) is 13.6 Å². The van der Waals surface area contributed by atoms with E-state index < -0.39 is 11.6 Å². The number of aromatic nitrogens is 2. The average molecular weight is 389 g/mol. The normalized spacial score (nSPS) is 13.4. The number of nitrogens with one attached hydrogen (secondary N) is 1. The first-order valence-corrected chi connectivity index (χ1v) is 8.71. The summed E-state index contributed by atoms with van der Waals surface area (Å²) in [6.45, 7) is 1.15. The summed E-state index contributed by atoms with van der Waals surface area (Å²) < 4.78 is 29.5. The lowest BCUT2D eigenvalue weighted by Crippen LogP contribution is -2.41. The monoisotopic (exact) mass is 388 g/mol. The Bertz CT molecular complexity index is 1020. The zero-order valence-electron chi connectivity index (χ0n) is 14.1. The third-order valence-electron chi connectivity index (χ3n) is 4.48. The van der Waals surface area contributed by atoms with E-state index in [-0.39, 0.29) is 18.1 Å². The van der Waals surface area contributed by atoms with Gasteiger partial charge in [0.1, 0.15) is 0 Å². The van der Waals surface area contributed by atoms with Crippen molar-refractivity contribution in [2.45, 2.75) is 13.1 Å².